The third-order valence-electron chi connectivity index (χ3n) is 6.41. The van der Waals surface area contributed by atoms with E-state index in [1.807, 2.05) is 13.2 Å². The molecule has 3 aromatic carbocycles. The van der Waals surface area contributed by atoms with E-state index in [0.29, 0.717) is 12.4 Å². The van der Waals surface area contributed by atoms with Crippen LogP contribution in [0, 0.1) is 0 Å². The first-order valence-corrected chi connectivity index (χ1v) is 17.2. The summed E-state index contributed by atoms with van der Waals surface area (Å²) in [5, 5.41) is 2.65. The van der Waals surface area contributed by atoms with Crippen molar-refractivity contribution >= 4 is 49.1 Å². The molecule has 0 bridgehead atoms. The van der Waals surface area contributed by atoms with E-state index in [0.717, 1.165) is 9.20 Å². The van der Waals surface area contributed by atoms with Crippen molar-refractivity contribution in [2.75, 3.05) is 62.4 Å². The lowest BCUT2D eigenvalue weighted by Gasteiger charge is -2.27. The van der Waals surface area contributed by atoms with Gasteiger partial charge in [-0.15, -0.1) is 11.8 Å². The van der Waals surface area contributed by atoms with E-state index in [2.05, 4.69) is 5.32 Å². The Bertz CT molecular complexity index is 1590. The molecule has 1 aliphatic rings. The van der Waals surface area contributed by atoms with Gasteiger partial charge in [0.05, 0.1) is 37.5 Å². The number of rotatable bonds is 12. The quantitative estimate of drug-likeness (QED) is 0.296. The fourth-order valence-electron chi connectivity index (χ4n) is 4.28. The van der Waals surface area contributed by atoms with Gasteiger partial charge in [-0.1, -0.05) is 0 Å². The number of anilines is 2. The van der Waals surface area contributed by atoms with Crippen LogP contribution in [-0.2, 0) is 29.6 Å². The highest BCUT2D eigenvalue weighted by Crippen LogP contribution is 2.31. The van der Waals surface area contributed by atoms with Gasteiger partial charge in [0.25, 0.3) is 10.0 Å². The Morgan fingerprint density at radius 3 is 2.26 bits per heavy atom. The second-order valence-corrected chi connectivity index (χ2v) is 13.7. The Hall–Kier alpha value is -3.30. The zero-order chi connectivity index (χ0) is 30.3. The second-order valence-electron chi connectivity index (χ2n) is 9.04. The molecule has 1 aliphatic heterocycles. The van der Waals surface area contributed by atoms with E-state index in [1.54, 1.807) is 36.4 Å². The zero-order valence-corrected chi connectivity index (χ0v) is 25.9. The smallest absolute Gasteiger partial charge is 0.264 e. The standard InChI is InChI=1S/C28H33N3O8S3/c1-4-39-23-8-6-22(7-9-23)31(41(33,34)25-12-10-24(40-3)11-13-25)20-28(32)29-21-5-14-26(37-2)27(19-21)42(35,36)30-15-17-38-18-16-30/h5-14,19H,4,15-18,20H2,1-3H3,(H,29,32). The van der Waals surface area contributed by atoms with Crippen molar-refractivity contribution in [3.63, 3.8) is 0 Å². The van der Waals surface area contributed by atoms with Gasteiger partial charge in [-0.25, -0.2) is 16.8 Å². The number of amides is 1. The van der Waals surface area contributed by atoms with Crippen molar-refractivity contribution in [1.82, 2.24) is 4.31 Å². The first-order chi connectivity index (χ1) is 20.1. The number of thioether (sulfide) groups is 1. The third kappa shape index (κ3) is 7.18. The minimum atomic E-state index is -4.16. The van der Waals surface area contributed by atoms with E-state index < -0.39 is 32.5 Å². The maximum absolute atomic E-state index is 13.8. The van der Waals surface area contributed by atoms with Crippen LogP contribution in [-0.4, -0.2) is 79.9 Å². The van der Waals surface area contributed by atoms with Gasteiger partial charge in [0.1, 0.15) is 22.9 Å². The largest absolute Gasteiger partial charge is 0.495 e. The number of hydrogen-bond donors (Lipinski definition) is 1. The van der Waals surface area contributed by atoms with Crippen molar-refractivity contribution in [2.24, 2.45) is 0 Å². The van der Waals surface area contributed by atoms with Crippen LogP contribution in [0.3, 0.4) is 0 Å². The molecule has 1 N–H and O–H groups in total. The summed E-state index contributed by atoms with van der Waals surface area (Å²) in [6, 6.07) is 17.0. The normalized spacial score (nSPS) is 14.3. The molecule has 0 radical (unpaired) electrons. The molecule has 4 rings (SSSR count). The summed E-state index contributed by atoms with van der Waals surface area (Å²) in [4.78, 5) is 14.1. The molecule has 3 aromatic rings. The molecule has 0 aromatic heterocycles. The summed E-state index contributed by atoms with van der Waals surface area (Å²) < 4.78 is 72.6. The van der Waals surface area contributed by atoms with E-state index in [9.17, 15) is 21.6 Å². The van der Waals surface area contributed by atoms with Crippen LogP contribution in [0.5, 0.6) is 11.5 Å². The number of carbonyl (C=O) groups excluding carboxylic acids is 1. The van der Waals surface area contributed by atoms with Crippen LogP contribution in [0.2, 0.25) is 0 Å². The number of sulfonamides is 2. The number of ether oxygens (including phenoxy) is 3. The van der Waals surface area contributed by atoms with Gasteiger partial charge in [-0.2, -0.15) is 4.31 Å². The summed E-state index contributed by atoms with van der Waals surface area (Å²) in [5.74, 6) is -0.000494. The third-order valence-corrected chi connectivity index (χ3v) is 10.9. The molecule has 0 atom stereocenters. The highest BCUT2D eigenvalue weighted by molar-refractivity contribution is 7.98. The SMILES string of the molecule is CCOc1ccc(N(CC(=O)Nc2ccc(OC)c(S(=O)(=O)N3CCOCC3)c2)S(=O)(=O)c2ccc(SC)cc2)cc1. The number of nitrogens with one attached hydrogen (secondary N) is 1. The van der Waals surface area contributed by atoms with Gasteiger partial charge < -0.3 is 19.5 Å². The first-order valence-electron chi connectivity index (χ1n) is 13.1. The van der Waals surface area contributed by atoms with E-state index in [4.69, 9.17) is 14.2 Å². The van der Waals surface area contributed by atoms with Crippen LogP contribution in [0.4, 0.5) is 11.4 Å². The summed E-state index contributed by atoms with van der Waals surface area (Å²) in [6.45, 7) is 2.63. The summed E-state index contributed by atoms with van der Waals surface area (Å²) in [6.07, 6.45) is 1.89. The lowest BCUT2D eigenvalue weighted by Crippen LogP contribution is -2.40. The number of morpholine rings is 1. The highest BCUT2D eigenvalue weighted by atomic mass is 32.2. The second kappa shape index (κ2) is 13.8. The number of benzene rings is 3. The van der Waals surface area contributed by atoms with Crippen molar-refractivity contribution in [3.05, 3.63) is 66.7 Å². The molecule has 1 amide bonds. The zero-order valence-electron chi connectivity index (χ0n) is 23.5. The maximum atomic E-state index is 13.8. The molecule has 1 fully saturated rings. The molecule has 42 heavy (non-hydrogen) atoms. The van der Waals surface area contributed by atoms with Crippen molar-refractivity contribution in [1.29, 1.82) is 0 Å². The summed E-state index contributed by atoms with van der Waals surface area (Å²) in [7, 11) is -6.75. The predicted octanol–water partition coefficient (Wildman–Crippen LogP) is 3.67. The predicted molar refractivity (Wildman–Crippen MR) is 162 cm³/mol. The number of methoxy groups -OCH3 is 1. The fraction of sp³-hybridized carbons (Fsp3) is 0.321. The molecule has 0 unspecified atom stereocenters. The average Bonchev–Trinajstić information content (AvgIpc) is 3.01. The molecule has 226 valence electrons. The monoisotopic (exact) mass is 635 g/mol. The topological polar surface area (TPSA) is 132 Å². The van der Waals surface area contributed by atoms with Gasteiger partial charge in [-0.3, -0.25) is 9.10 Å². The fourth-order valence-corrected chi connectivity index (χ4v) is 7.70. The van der Waals surface area contributed by atoms with Crippen LogP contribution in [0.15, 0.2) is 81.4 Å². The van der Waals surface area contributed by atoms with Crippen molar-refractivity contribution < 1.29 is 35.8 Å². The molecule has 11 nitrogen and oxygen atoms in total. The molecular formula is C28H33N3O8S3. The van der Waals surface area contributed by atoms with Crippen LogP contribution >= 0.6 is 11.8 Å². The van der Waals surface area contributed by atoms with Crippen LogP contribution in [0.25, 0.3) is 0 Å². The molecule has 0 saturated carbocycles. The minimum absolute atomic E-state index is 0.0188. The lowest BCUT2D eigenvalue weighted by atomic mass is 10.3. The van der Waals surface area contributed by atoms with Gasteiger partial charge in [0.2, 0.25) is 15.9 Å². The Kier molecular flexibility index (Phi) is 10.4. The summed E-state index contributed by atoms with van der Waals surface area (Å²) in [5.41, 5.74) is 0.425. The van der Waals surface area contributed by atoms with E-state index >= 15 is 0 Å². The average molecular weight is 636 g/mol. The number of nitrogens with zero attached hydrogens (tertiary/aromatic N) is 2. The number of carbonyl (C=O) groups is 1. The van der Waals surface area contributed by atoms with Gasteiger partial charge in [0, 0.05) is 23.7 Å². The Morgan fingerprint density at radius 2 is 1.67 bits per heavy atom. The Balaban J connectivity index is 1.64. The minimum Gasteiger partial charge on any atom is -0.495 e. The van der Waals surface area contributed by atoms with Gasteiger partial charge in [0.15, 0.2) is 0 Å². The van der Waals surface area contributed by atoms with Gasteiger partial charge in [-0.05, 0) is 79.9 Å². The van der Waals surface area contributed by atoms with Crippen LogP contribution in [0.1, 0.15) is 6.92 Å². The Labute approximate surface area is 250 Å². The molecular weight excluding hydrogens is 603 g/mol. The molecule has 14 heteroatoms. The highest BCUT2D eigenvalue weighted by Gasteiger charge is 2.31. The molecule has 0 aliphatic carbocycles. The first kappa shape index (κ1) is 31.6. The van der Waals surface area contributed by atoms with Crippen LogP contribution < -0.4 is 19.1 Å². The van der Waals surface area contributed by atoms with Crippen molar-refractivity contribution in [2.45, 2.75) is 21.6 Å². The maximum Gasteiger partial charge on any atom is 0.264 e. The number of hydrogen-bond acceptors (Lipinski definition) is 9. The molecule has 1 saturated heterocycles. The summed E-state index contributed by atoms with van der Waals surface area (Å²) >= 11 is 1.48. The van der Waals surface area contributed by atoms with Gasteiger partial charge >= 0.3 is 0 Å². The molecule has 1 heterocycles. The molecule has 0 spiro atoms. The Morgan fingerprint density at radius 1 is 1.00 bits per heavy atom. The van der Waals surface area contributed by atoms with E-state index in [-0.39, 0.29) is 53.2 Å². The lowest BCUT2D eigenvalue weighted by molar-refractivity contribution is -0.114. The van der Waals surface area contributed by atoms with Crippen molar-refractivity contribution in [3.8, 4) is 11.5 Å². The van der Waals surface area contributed by atoms with E-state index in [1.165, 1.54) is 53.5 Å².